The molecule has 1 aliphatic rings. The van der Waals surface area contributed by atoms with Crippen molar-refractivity contribution >= 4 is 12.7 Å². The topological polar surface area (TPSA) is 0 Å². The Morgan fingerprint density at radius 1 is 1.13 bits per heavy atom. The first-order chi connectivity index (χ1) is 9.83. The summed E-state index contributed by atoms with van der Waals surface area (Å²) in [5.74, 6) is 3.53. The summed E-state index contributed by atoms with van der Waals surface area (Å²) in [6.07, 6.45) is 7.83. The molecule has 0 heterocycles. The van der Waals surface area contributed by atoms with Crippen LogP contribution in [0.2, 0.25) is 0 Å². The standard InChI is InChI=1S/C10H19.C5H7.C3H5.3W.2Y/c1-4-9-5-6-10(7-9)8(2)3;1-4-5(2)3;1-3-2;;;;;/h6,8-10H,4-5,7H2,1-3H3;5H,2-3H3;3H2,1H3;;;;;/q3*-1;;;;;. The maximum atomic E-state index is 3.20. The summed E-state index contributed by atoms with van der Waals surface area (Å²) in [6.45, 7) is 13.5. The fourth-order valence-corrected chi connectivity index (χ4v) is 2.79. The van der Waals surface area contributed by atoms with Gasteiger partial charge in [0.05, 0.1) is 0 Å². The average Bonchev–Trinajstić information content (AvgIpc) is 2.96. The normalized spacial score (nSPS) is 18.4. The molecule has 23 heavy (non-hydrogen) atoms. The van der Waals surface area contributed by atoms with Crippen molar-refractivity contribution in [2.75, 3.05) is 0 Å². The maximum absolute atomic E-state index is 3.20. The zero-order valence-electron chi connectivity index (χ0n) is 15.6. The third kappa shape index (κ3) is 22.0. The summed E-state index contributed by atoms with van der Waals surface area (Å²) in [5.41, 5.74) is 0. The Morgan fingerprint density at radius 3 is 1.74 bits per heavy atom. The SMILES string of the molecule is CC(C)[C](=[W])[C-]=[W].CCC1C[CH-]C(C(C)C)C1.CC[C-]=[W].[Y].[Y]. The third-order valence-electron chi connectivity index (χ3n) is 3.58. The second-order valence-electron chi connectivity index (χ2n) is 6.01. The van der Waals surface area contributed by atoms with E-state index in [1.807, 2.05) is 0 Å². The summed E-state index contributed by atoms with van der Waals surface area (Å²) in [4.78, 5) is 0. The molecule has 1 aliphatic carbocycles. The van der Waals surface area contributed by atoms with Gasteiger partial charge in [0.1, 0.15) is 0 Å². The second kappa shape index (κ2) is 23.9. The van der Waals surface area contributed by atoms with E-state index in [9.17, 15) is 0 Å². The van der Waals surface area contributed by atoms with Crippen LogP contribution in [0.3, 0.4) is 0 Å². The average molecular weight is 977 g/mol. The fourth-order valence-electron chi connectivity index (χ4n) is 1.94. The molecule has 0 nitrogen and oxygen atoms in total. The molecule has 1 rings (SSSR count). The van der Waals surface area contributed by atoms with Gasteiger partial charge in [-0.1, -0.05) is 45.4 Å². The monoisotopic (exact) mass is 977 g/mol. The summed E-state index contributed by atoms with van der Waals surface area (Å²) in [7, 11) is 0. The van der Waals surface area contributed by atoms with Gasteiger partial charge in [-0.2, -0.15) is 12.3 Å². The van der Waals surface area contributed by atoms with Gasteiger partial charge in [0.25, 0.3) is 0 Å². The molecule has 0 aromatic rings. The van der Waals surface area contributed by atoms with Gasteiger partial charge in [-0.05, 0) is 0 Å². The Bertz CT molecular complexity index is 292. The van der Waals surface area contributed by atoms with Gasteiger partial charge in [-0.3, -0.25) is 0 Å². The van der Waals surface area contributed by atoms with Gasteiger partial charge in [0.2, 0.25) is 0 Å². The van der Waals surface area contributed by atoms with E-state index in [-0.39, 0.29) is 65.4 Å². The van der Waals surface area contributed by atoms with Crippen LogP contribution in [0.25, 0.3) is 0 Å². The van der Waals surface area contributed by atoms with Crippen LogP contribution in [-0.2, 0) is 123 Å². The largest absolute Gasteiger partial charge is 0 e. The summed E-state index contributed by atoms with van der Waals surface area (Å²) >= 11 is 4.48. The molecule has 0 amide bonds. The molecule has 0 aliphatic heterocycles. The first-order valence-electron chi connectivity index (χ1n) is 7.94. The predicted molar refractivity (Wildman–Crippen MR) is 85.8 cm³/mol. The van der Waals surface area contributed by atoms with Crippen LogP contribution >= 0.6 is 0 Å². The van der Waals surface area contributed by atoms with Crippen molar-refractivity contribution in [3.05, 3.63) is 6.42 Å². The Morgan fingerprint density at radius 2 is 1.61 bits per heavy atom. The number of hydrogen-bond donors (Lipinski definition) is 0. The van der Waals surface area contributed by atoms with Gasteiger partial charge in [0.15, 0.2) is 0 Å². The Hall–Kier alpha value is 3.88. The molecule has 0 saturated heterocycles. The summed E-state index contributed by atoms with van der Waals surface area (Å²) in [6, 6.07) is 0. The quantitative estimate of drug-likeness (QED) is 0.357. The van der Waals surface area contributed by atoms with E-state index in [4.69, 9.17) is 0 Å². The van der Waals surface area contributed by atoms with Gasteiger partial charge in [-0.25, -0.2) is 0 Å². The fraction of sp³-hybridized carbons (Fsp3) is 0.778. The van der Waals surface area contributed by atoms with E-state index < -0.39 is 0 Å². The minimum absolute atomic E-state index is 0. The third-order valence-corrected chi connectivity index (χ3v) is 9.48. The van der Waals surface area contributed by atoms with E-state index in [1.54, 1.807) is 19.4 Å². The molecule has 0 aromatic heterocycles. The van der Waals surface area contributed by atoms with E-state index in [2.05, 4.69) is 56.8 Å². The molecule has 0 bridgehead atoms. The molecular formula is C18H31W3Y2-3. The van der Waals surface area contributed by atoms with Crippen LogP contribution in [-0.4, -0.2) is 12.7 Å². The molecule has 5 heteroatoms. The minimum atomic E-state index is 0. The van der Waals surface area contributed by atoms with Crippen molar-refractivity contribution in [3.8, 4) is 0 Å². The van der Waals surface area contributed by atoms with Crippen molar-refractivity contribution in [2.45, 2.75) is 67.2 Å². The molecule has 0 N–H and O–H groups in total. The molecule has 2 radical (unpaired) electrons. The Balaban J connectivity index is -0.000000124. The smallest absolute Gasteiger partial charge is 0 e. The Kier molecular flexibility index (Phi) is 35.8. The second-order valence-corrected chi connectivity index (χ2v) is 9.36. The molecule has 2 atom stereocenters. The molecule has 2 unspecified atom stereocenters. The Labute approximate surface area is 229 Å². The molecular weight excluding hydrogens is 946 g/mol. The van der Waals surface area contributed by atoms with Crippen LogP contribution in [0.5, 0.6) is 0 Å². The number of rotatable bonds is 5. The van der Waals surface area contributed by atoms with Gasteiger partial charge in [-0.15, -0.1) is 0 Å². The van der Waals surface area contributed by atoms with Gasteiger partial charge < -0.3 is 6.42 Å². The van der Waals surface area contributed by atoms with E-state index >= 15 is 0 Å². The first-order valence-corrected chi connectivity index (χ1v) is 12.3. The molecule has 0 aromatic carbocycles. The summed E-state index contributed by atoms with van der Waals surface area (Å²) < 4.78 is 7.68. The minimum Gasteiger partial charge on any atom is 0 e. The van der Waals surface area contributed by atoms with Crippen LogP contribution in [0.4, 0.5) is 0 Å². The molecule has 0 spiro atoms. The van der Waals surface area contributed by atoms with Crippen LogP contribution < -0.4 is 0 Å². The first kappa shape index (κ1) is 34.4. The van der Waals surface area contributed by atoms with Crippen molar-refractivity contribution in [3.63, 3.8) is 0 Å². The van der Waals surface area contributed by atoms with E-state index in [0.29, 0.717) is 0 Å². The van der Waals surface area contributed by atoms with Crippen LogP contribution in [0, 0.1) is 30.1 Å². The molecule has 130 valence electrons. The van der Waals surface area contributed by atoms with Crippen molar-refractivity contribution in [2.24, 2.45) is 23.7 Å². The van der Waals surface area contributed by atoms with E-state index in [0.717, 1.165) is 30.1 Å². The van der Waals surface area contributed by atoms with Gasteiger partial charge in [0, 0.05) is 65.4 Å². The van der Waals surface area contributed by atoms with E-state index in [1.165, 1.54) is 61.9 Å². The number of hydrogen-bond acceptors (Lipinski definition) is 0. The van der Waals surface area contributed by atoms with Gasteiger partial charge >= 0.3 is 104 Å². The molecule has 1 fully saturated rings. The summed E-state index contributed by atoms with van der Waals surface area (Å²) in [5, 5.41) is 0. The zero-order valence-corrected chi connectivity index (χ0v) is 30.1. The van der Waals surface area contributed by atoms with Crippen molar-refractivity contribution < 1.29 is 123 Å². The predicted octanol–water partition coefficient (Wildman–Crippen LogP) is 4.49. The van der Waals surface area contributed by atoms with Crippen molar-refractivity contribution in [1.82, 2.24) is 0 Å². The zero-order chi connectivity index (χ0) is 16.8. The van der Waals surface area contributed by atoms with Crippen molar-refractivity contribution in [1.29, 1.82) is 0 Å². The maximum Gasteiger partial charge on any atom is 0 e. The molecule has 1 saturated carbocycles. The van der Waals surface area contributed by atoms with Crippen LogP contribution in [0.1, 0.15) is 67.2 Å². The van der Waals surface area contributed by atoms with Crippen LogP contribution in [0.15, 0.2) is 0 Å².